The Morgan fingerprint density at radius 1 is 1.21 bits per heavy atom. The third-order valence-electron chi connectivity index (χ3n) is 3.72. The second kappa shape index (κ2) is 6.50. The van der Waals surface area contributed by atoms with Crippen LogP contribution in [0.4, 0.5) is 5.95 Å². The summed E-state index contributed by atoms with van der Waals surface area (Å²) in [5, 5.41) is 8.25. The van der Waals surface area contributed by atoms with E-state index in [-0.39, 0.29) is 5.95 Å². The number of rotatable bonds is 3. The molecule has 1 aromatic heterocycles. The van der Waals surface area contributed by atoms with Crippen molar-refractivity contribution in [2.24, 2.45) is 0 Å². The quantitative estimate of drug-likeness (QED) is 0.849. The van der Waals surface area contributed by atoms with Crippen LogP contribution in [-0.4, -0.2) is 22.8 Å². The SMILES string of the molecule is CO/C(=C1/C=C(c2ccnc(N)n2)C=CC1=N)c1cccc(C)c1. The summed E-state index contributed by atoms with van der Waals surface area (Å²) in [6.45, 7) is 2.03. The number of nitrogens with zero attached hydrogens (tertiary/aromatic N) is 2. The zero-order valence-electron chi connectivity index (χ0n) is 13.6. The number of methoxy groups -OCH3 is 1. The highest BCUT2D eigenvalue weighted by Gasteiger charge is 2.17. The van der Waals surface area contributed by atoms with Crippen LogP contribution in [0.25, 0.3) is 11.3 Å². The molecule has 1 aliphatic carbocycles. The minimum absolute atomic E-state index is 0.221. The van der Waals surface area contributed by atoms with Gasteiger partial charge in [-0.3, -0.25) is 0 Å². The van der Waals surface area contributed by atoms with E-state index in [2.05, 4.69) is 9.97 Å². The Morgan fingerprint density at radius 3 is 2.75 bits per heavy atom. The average molecular weight is 318 g/mol. The molecule has 24 heavy (non-hydrogen) atoms. The smallest absolute Gasteiger partial charge is 0.220 e. The molecule has 0 saturated heterocycles. The number of aryl methyl sites for hydroxylation is 1. The van der Waals surface area contributed by atoms with Crippen molar-refractivity contribution in [1.82, 2.24) is 9.97 Å². The monoisotopic (exact) mass is 318 g/mol. The molecule has 1 aromatic carbocycles. The molecule has 0 bridgehead atoms. The van der Waals surface area contributed by atoms with Crippen LogP contribution in [0.5, 0.6) is 0 Å². The van der Waals surface area contributed by atoms with Gasteiger partial charge < -0.3 is 15.9 Å². The molecule has 1 aliphatic rings. The van der Waals surface area contributed by atoms with Crippen LogP contribution < -0.4 is 5.73 Å². The van der Waals surface area contributed by atoms with Crippen LogP contribution in [0, 0.1) is 12.3 Å². The van der Waals surface area contributed by atoms with Crippen LogP contribution >= 0.6 is 0 Å². The molecule has 120 valence electrons. The minimum Gasteiger partial charge on any atom is -0.495 e. The molecular weight excluding hydrogens is 300 g/mol. The van der Waals surface area contributed by atoms with Crippen molar-refractivity contribution < 1.29 is 4.74 Å². The Labute approximate surface area is 140 Å². The lowest BCUT2D eigenvalue weighted by atomic mass is 9.94. The van der Waals surface area contributed by atoms with Crippen LogP contribution in [-0.2, 0) is 4.74 Å². The predicted molar refractivity (Wildman–Crippen MR) is 96.4 cm³/mol. The molecule has 2 aromatic rings. The van der Waals surface area contributed by atoms with E-state index in [9.17, 15) is 0 Å². The molecule has 0 radical (unpaired) electrons. The molecule has 3 rings (SSSR count). The lowest BCUT2D eigenvalue weighted by molar-refractivity contribution is 0.369. The first-order valence-electron chi connectivity index (χ1n) is 7.51. The Morgan fingerprint density at radius 2 is 2.04 bits per heavy atom. The number of hydrogen-bond donors (Lipinski definition) is 2. The highest BCUT2D eigenvalue weighted by Crippen LogP contribution is 2.28. The van der Waals surface area contributed by atoms with Crippen molar-refractivity contribution in [3.63, 3.8) is 0 Å². The zero-order valence-corrected chi connectivity index (χ0v) is 13.6. The number of allylic oxidation sites excluding steroid dienone is 5. The Hall–Kier alpha value is -3.21. The first-order chi connectivity index (χ1) is 11.6. The number of ether oxygens (including phenoxy) is 1. The molecule has 1 heterocycles. The van der Waals surface area contributed by atoms with Gasteiger partial charge in [0.05, 0.1) is 18.5 Å². The van der Waals surface area contributed by atoms with Gasteiger partial charge in [0.15, 0.2) is 0 Å². The summed E-state index contributed by atoms with van der Waals surface area (Å²) in [5.41, 5.74) is 10.4. The summed E-state index contributed by atoms with van der Waals surface area (Å²) in [6, 6.07) is 9.80. The second-order valence-corrected chi connectivity index (χ2v) is 5.46. The van der Waals surface area contributed by atoms with E-state index in [0.29, 0.717) is 22.7 Å². The van der Waals surface area contributed by atoms with Crippen molar-refractivity contribution in [1.29, 1.82) is 5.41 Å². The molecule has 0 unspecified atom stereocenters. The van der Waals surface area contributed by atoms with E-state index in [1.54, 1.807) is 25.4 Å². The molecule has 0 saturated carbocycles. The van der Waals surface area contributed by atoms with Crippen molar-refractivity contribution in [2.75, 3.05) is 12.8 Å². The van der Waals surface area contributed by atoms with E-state index in [1.807, 2.05) is 43.3 Å². The molecule has 0 amide bonds. The molecule has 0 atom stereocenters. The number of nitrogens with two attached hydrogens (primary N) is 1. The molecule has 5 heteroatoms. The summed E-state index contributed by atoms with van der Waals surface area (Å²) >= 11 is 0. The molecular formula is C19H18N4O. The first-order valence-corrected chi connectivity index (χ1v) is 7.51. The summed E-state index contributed by atoms with van der Waals surface area (Å²) in [6.07, 6.45) is 7.09. The summed E-state index contributed by atoms with van der Waals surface area (Å²) < 4.78 is 5.61. The predicted octanol–water partition coefficient (Wildman–Crippen LogP) is 3.40. The van der Waals surface area contributed by atoms with Gasteiger partial charge in [0.2, 0.25) is 5.95 Å². The van der Waals surface area contributed by atoms with Crippen LogP contribution in [0.1, 0.15) is 16.8 Å². The highest BCUT2D eigenvalue weighted by atomic mass is 16.5. The molecule has 0 spiro atoms. The normalized spacial score (nSPS) is 15.9. The first kappa shape index (κ1) is 15.7. The second-order valence-electron chi connectivity index (χ2n) is 5.46. The fraction of sp³-hybridized carbons (Fsp3) is 0.105. The van der Waals surface area contributed by atoms with Crippen molar-refractivity contribution in [2.45, 2.75) is 6.92 Å². The fourth-order valence-corrected chi connectivity index (χ4v) is 2.60. The van der Waals surface area contributed by atoms with Crippen molar-refractivity contribution in [3.8, 4) is 0 Å². The largest absolute Gasteiger partial charge is 0.495 e. The van der Waals surface area contributed by atoms with Crippen LogP contribution in [0.3, 0.4) is 0 Å². The fourth-order valence-electron chi connectivity index (χ4n) is 2.60. The number of aromatic nitrogens is 2. The molecule has 3 N–H and O–H groups in total. The van der Waals surface area contributed by atoms with E-state index in [1.165, 1.54) is 0 Å². The maximum atomic E-state index is 8.25. The van der Waals surface area contributed by atoms with Gasteiger partial charge in [0.1, 0.15) is 5.76 Å². The van der Waals surface area contributed by atoms with E-state index < -0.39 is 0 Å². The van der Waals surface area contributed by atoms with Gasteiger partial charge in [-0.15, -0.1) is 0 Å². The maximum Gasteiger partial charge on any atom is 0.220 e. The van der Waals surface area contributed by atoms with Gasteiger partial charge in [0.25, 0.3) is 0 Å². The number of benzene rings is 1. The highest BCUT2D eigenvalue weighted by molar-refractivity contribution is 6.16. The van der Waals surface area contributed by atoms with E-state index >= 15 is 0 Å². The molecule has 5 nitrogen and oxygen atoms in total. The maximum absolute atomic E-state index is 8.25. The number of nitrogen functional groups attached to an aromatic ring is 1. The zero-order chi connectivity index (χ0) is 17.1. The van der Waals surface area contributed by atoms with Gasteiger partial charge in [-0.2, -0.15) is 0 Å². The van der Waals surface area contributed by atoms with Crippen molar-refractivity contribution >= 4 is 23.0 Å². The summed E-state index contributed by atoms with van der Waals surface area (Å²) in [7, 11) is 1.62. The van der Waals surface area contributed by atoms with Gasteiger partial charge in [-0.05, 0) is 31.2 Å². The third kappa shape index (κ3) is 3.10. The Kier molecular flexibility index (Phi) is 4.24. The van der Waals surface area contributed by atoms with E-state index in [4.69, 9.17) is 15.9 Å². The number of nitrogens with one attached hydrogen (secondary N) is 1. The Bertz CT molecular complexity index is 894. The molecule has 0 aliphatic heterocycles. The van der Waals surface area contributed by atoms with Crippen molar-refractivity contribution in [3.05, 3.63) is 77.2 Å². The Balaban J connectivity index is 2.13. The number of anilines is 1. The lowest BCUT2D eigenvalue weighted by Crippen LogP contribution is -2.07. The summed E-state index contributed by atoms with van der Waals surface area (Å²) in [5.74, 6) is 0.881. The van der Waals surface area contributed by atoms with Gasteiger partial charge in [0, 0.05) is 22.9 Å². The third-order valence-corrected chi connectivity index (χ3v) is 3.72. The lowest BCUT2D eigenvalue weighted by Gasteiger charge is -2.16. The number of hydrogen-bond acceptors (Lipinski definition) is 5. The average Bonchev–Trinajstić information content (AvgIpc) is 2.57. The standard InChI is InChI=1S/C19H18N4O/c1-12-4-3-5-14(10-12)18(24-2)15-11-13(6-7-16(15)20)17-8-9-22-19(21)23-17/h3-11,20H,1-2H3,(H2,21,22,23)/b18-15-,20-16?. The minimum atomic E-state index is 0.221. The summed E-state index contributed by atoms with van der Waals surface area (Å²) in [4.78, 5) is 8.16. The van der Waals surface area contributed by atoms with Crippen LogP contribution in [0.2, 0.25) is 0 Å². The van der Waals surface area contributed by atoms with Gasteiger partial charge >= 0.3 is 0 Å². The van der Waals surface area contributed by atoms with Gasteiger partial charge in [-0.1, -0.05) is 29.8 Å². The van der Waals surface area contributed by atoms with E-state index in [0.717, 1.165) is 16.7 Å². The van der Waals surface area contributed by atoms with Gasteiger partial charge in [-0.25, -0.2) is 9.97 Å². The molecule has 0 fully saturated rings. The topological polar surface area (TPSA) is 84.9 Å². The van der Waals surface area contributed by atoms with Crippen LogP contribution in [0.15, 0.2) is 60.3 Å².